The number of benzene rings is 1. The summed E-state index contributed by atoms with van der Waals surface area (Å²) in [6, 6.07) is 7.92. The molecule has 0 bridgehead atoms. The number of nitrogens with zero attached hydrogens (tertiary/aromatic N) is 1. The summed E-state index contributed by atoms with van der Waals surface area (Å²) >= 11 is 7.66. The Morgan fingerprint density at radius 1 is 1.50 bits per heavy atom. The second-order valence-corrected chi connectivity index (χ2v) is 6.57. The van der Waals surface area contributed by atoms with Crippen molar-refractivity contribution in [3.05, 3.63) is 29.3 Å². The highest BCUT2D eigenvalue weighted by molar-refractivity contribution is 8.00. The smallest absolute Gasteiger partial charge is 0.236 e. The van der Waals surface area contributed by atoms with Gasteiger partial charge in [0.1, 0.15) is 0 Å². The first kappa shape index (κ1) is 17.6. The average Bonchev–Trinajstić information content (AvgIpc) is 2.41. The minimum absolute atomic E-state index is 0. The summed E-state index contributed by atoms with van der Waals surface area (Å²) in [5.74, 6) is 0.193. The van der Waals surface area contributed by atoms with Gasteiger partial charge in [0.15, 0.2) is 0 Å². The molecule has 20 heavy (non-hydrogen) atoms. The fraction of sp³-hybridized carbons (Fsp3) is 0.500. The predicted molar refractivity (Wildman–Crippen MR) is 88.1 cm³/mol. The summed E-state index contributed by atoms with van der Waals surface area (Å²) in [4.78, 5) is 15.4. The molecule has 0 aromatic heterocycles. The molecule has 1 aliphatic heterocycles. The predicted octanol–water partition coefficient (Wildman–Crippen LogP) is 3.06. The molecule has 1 fully saturated rings. The lowest BCUT2D eigenvalue weighted by Gasteiger charge is -2.35. The van der Waals surface area contributed by atoms with Gasteiger partial charge in [0.05, 0.1) is 10.3 Å². The van der Waals surface area contributed by atoms with Crippen LogP contribution < -0.4 is 5.32 Å². The van der Waals surface area contributed by atoms with Crippen LogP contribution in [0.1, 0.15) is 13.8 Å². The van der Waals surface area contributed by atoms with E-state index in [-0.39, 0.29) is 29.6 Å². The third-order valence-corrected chi connectivity index (χ3v) is 4.88. The van der Waals surface area contributed by atoms with Crippen molar-refractivity contribution in [3.8, 4) is 0 Å². The van der Waals surface area contributed by atoms with E-state index in [1.54, 1.807) is 0 Å². The number of halogens is 2. The zero-order valence-corrected chi connectivity index (χ0v) is 14.0. The molecule has 1 saturated heterocycles. The van der Waals surface area contributed by atoms with Gasteiger partial charge in [-0.25, -0.2) is 0 Å². The first-order valence-corrected chi connectivity index (χ1v) is 7.77. The molecule has 1 N–H and O–H groups in total. The van der Waals surface area contributed by atoms with E-state index in [9.17, 15) is 4.79 Å². The molecule has 1 amide bonds. The molecule has 0 saturated carbocycles. The van der Waals surface area contributed by atoms with E-state index in [0.717, 1.165) is 24.5 Å². The third kappa shape index (κ3) is 4.29. The quantitative estimate of drug-likeness (QED) is 0.862. The summed E-state index contributed by atoms with van der Waals surface area (Å²) in [5, 5.41) is 3.89. The highest BCUT2D eigenvalue weighted by atomic mass is 35.5. The molecule has 1 aliphatic rings. The van der Waals surface area contributed by atoms with Crippen molar-refractivity contribution >= 4 is 41.7 Å². The number of hydrogen-bond acceptors (Lipinski definition) is 3. The molecular formula is C14H20Cl2N2OS. The van der Waals surface area contributed by atoms with E-state index in [1.807, 2.05) is 36.1 Å². The largest absolute Gasteiger partial charge is 0.336 e. The summed E-state index contributed by atoms with van der Waals surface area (Å²) in [6.45, 7) is 6.56. The van der Waals surface area contributed by atoms with Crippen LogP contribution in [0.5, 0.6) is 0 Å². The first-order valence-electron chi connectivity index (χ1n) is 6.52. The number of carbonyl (C=O) groups excluding carboxylic acids is 1. The zero-order valence-electron chi connectivity index (χ0n) is 11.6. The van der Waals surface area contributed by atoms with E-state index in [0.29, 0.717) is 5.02 Å². The van der Waals surface area contributed by atoms with Gasteiger partial charge in [-0.05, 0) is 26.0 Å². The maximum Gasteiger partial charge on any atom is 0.236 e. The van der Waals surface area contributed by atoms with Gasteiger partial charge in [0.2, 0.25) is 5.91 Å². The Morgan fingerprint density at radius 2 is 2.20 bits per heavy atom. The Kier molecular flexibility index (Phi) is 7.17. The summed E-state index contributed by atoms with van der Waals surface area (Å²) < 4.78 is 0. The summed E-state index contributed by atoms with van der Waals surface area (Å²) in [5.41, 5.74) is 0. The van der Waals surface area contributed by atoms with Crippen LogP contribution in [-0.2, 0) is 4.79 Å². The van der Waals surface area contributed by atoms with E-state index < -0.39 is 0 Å². The van der Waals surface area contributed by atoms with Crippen LogP contribution >= 0.6 is 35.8 Å². The van der Waals surface area contributed by atoms with Gasteiger partial charge in [0, 0.05) is 30.6 Å². The molecule has 1 unspecified atom stereocenters. The fourth-order valence-electron chi connectivity index (χ4n) is 2.18. The standard InChI is InChI=1S/C14H19ClN2OS.ClH/c1-10-9-16-7-8-17(10)14(18)11(2)19-13-6-4-3-5-12(13)15;/h3-6,10-11,16H,7-9H2,1-2H3;1H/t10-,11?;/m1./s1. The van der Waals surface area contributed by atoms with Crippen molar-refractivity contribution in [2.24, 2.45) is 0 Å². The molecule has 1 heterocycles. The van der Waals surface area contributed by atoms with Crippen LogP contribution in [0.15, 0.2) is 29.2 Å². The highest BCUT2D eigenvalue weighted by Crippen LogP contribution is 2.31. The average molecular weight is 335 g/mol. The second kappa shape index (κ2) is 8.13. The molecule has 2 rings (SSSR count). The molecular weight excluding hydrogens is 315 g/mol. The van der Waals surface area contributed by atoms with Crippen LogP contribution in [0.2, 0.25) is 5.02 Å². The second-order valence-electron chi connectivity index (χ2n) is 4.78. The van der Waals surface area contributed by atoms with Gasteiger partial charge in [-0.3, -0.25) is 4.79 Å². The zero-order chi connectivity index (χ0) is 13.8. The first-order chi connectivity index (χ1) is 9.09. The van der Waals surface area contributed by atoms with Gasteiger partial charge < -0.3 is 10.2 Å². The number of rotatable bonds is 3. The Morgan fingerprint density at radius 3 is 2.85 bits per heavy atom. The van der Waals surface area contributed by atoms with Crippen LogP contribution in [0.3, 0.4) is 0 Å². The van der Waals surface area contributed by atoms with E-state index in [2.05, 4.69) is 12.2 Å². The van der Waals surface area contributed by atoms with Crippen LogP contribution in [0.4, 0.5) is 0 Å². The van der Waals surface area contributed by atoms with Gasteiger partial charge in [-0.1, -0.05) is 23.7 Å². The third-order valence-electron chi connectivity index (χ3n) is 3.27. The van der Waals surface area contributed by atoms with E-state index >= 15 is 0 Å². The monoisotopic (exact) mass is 334 g/mol. The Labute approximate surface area is 135 Å². The molecule has 2 atom stereocenters. The Bertz CT molecular complexity index is 459. The summed E-state index contributed by atoms with van der Waals surface area (Å²) in [6.07, 6.45) is 0. The molecule has 1 aromatic carbocycles. The van der Waals surface area contributed by atoms with Crippen molar-refractivity contribution in [1.82, 2.24) is 10.2 Å². The highest BCUT2D eigenvalue weighted by Gasteiger charge is 2.27. The number of thioether (sulfide) groups is 1. The van der Waals surface area contributed by atoms with Gasteiger partial charge in [-0.2, -0.15) is 0 Å². The maximum atomic E-state index is 12.5. The van der Waals surface area contributed by atoms with E-state index in [4.69, 9.17) is 11.6 Å². The number of nitrogens with one attached hydrogen (secondary N) is 1. The van der Waals surface area contributed by atoms with Crippen molar-refractivity contribution in [3.63, 3.8) is 0 Å². The van der Waals surface area contributed by atoms with Gasteiger partial charge >= 0.3 is 0 Å². The molecule has 3 nitrogen and oxygen atoms in total. The molecule has 0 radical (unpaired) electrons. The van der Waals surface area contributed by atoms with Crippen LogP contribution in [0, 0.1) is 0 Å². The van der Waals surface area contributed by atoms with E-state index in [1.165, 1.54) is 11.8 Å². The normalized spacial score (nSPS) is 20.1. The van der Waals surface area contributed by atoms with Crippen molar-refractivity contribution in [1.29, 1.82) is 0 Å². The minimum Gasteiger partial charge on any atom is -0.336 e. The Balaban J connectivity index is 0.00000200. The number of piperazine rings is 1. The molecule has 6 heteroatoms. The van der Waals surface area contributed by atoms with Gasteiger partial charge in [0.25, 0.3) is 0 Å². The number of amides is 1. The van der Waals surface area contributed by atoms with Crippen LogP contribution in [0.25, 0.3) is 0 Å². The molecule has 112 valence electrons. The Hall–Kier alpha value is -0.420. The van der Waals surface area contributed by atoms with Crippen molar-refractivity contribution < 1.29 is 4.79 Å². The summed E-state index contributed by atoms with van der Waals surface area (Å²) in [7, 11) is 0. The van der Waals surface area contributed by atoms with Crippen molar-refractivity contribution in [2.45, 2.75) is 30.0 Å². The van der Waals surface area contributed by atoms with Crippen molar-refractivity contribution in [2.75, 3.05) is 19.6 Å². The topological polar surface area (TPSA) is 32.3 Å². The SMILES string of the molecule is CC(Sc1ccccc1Cl)C(=O)N1CCNC[C@H]1C.Cl. The number of carbonyl (C=O) groups is 1. The van der Waals surface area contributed by atoms with Crippen LogP contribution in [-0.4, -0.2) is 41.7 Å². The lowest BCUT2D eigenvalue weighted by molar-refractivity contribution is -0.133. The number of hydrogen-bond donors (Lipinski definition) is 1. The fourth-order valence-corrected chi connectivity index (χ4v) is 3.41. The molecule has 1 aromatic rings. The minimum atomic E-state index is -0.111. The lowest BCUT2D eigenvalue weighted by atomic mass is 10.2. The van der Waals surface area contributed by atoms with Gasteiger partial charge in [-0.15, -0.1) is 24.2 Å². The molecule has 0 spiro atoms. The molecule has 0 aliphatic carbocycles. The maximum absolute atomic E-state index is 12.5. The lowest BCUT2D eigenvalue weighted by Crippen LogP contribution is -2.54.